The number of hydrogen-bond donors (Lipinski definition) is 0. The number of benzene rings is 4. The van der Waals surface area contributed by atoms with Crippen molar-refractivity contribution in [2.75, 3.05) is 0 Å². The summed E-state index contributed by atoms with van der Waals surface area (Å²) in [4.78, 5) is 0. The summed E-state index contributed by atoms with van der Waals surface area (Å²) in [7, 11) is 4.30. The first kappa shape index (κ1) is 27.2. The van der Waals surface area contributed by atoms with E-state index < -0.39 is 0 Å². The number of hydrogen-bond acceptors (Lipinski definition) is 0. The van der Waals surface area contributed by atoms with Gasteiger partial charge in [-0.05, 0) is 23.2 Å². The molecule has 0 saturated carbocycles. The Hall–Kier alpha value is -2.85. The van der Waals surface area contributed by atoms with E-state index in [0.717, 1.165) is 0 Å². The fourth-order valence-electron chi connectivity index (χ4n) is 5.78. The van der Waals surface area contributed by atoms with Crippen LogP contribution in [0.4, 0.5) is 0 Å². The van der Waals surface area contributed by atoms with Gasteiger partial charge in [-0.3, -0.25) is 0 Å². The van der Waals surface area contributed by atoms with Gasteiger partial charge in [-0.15, -0.1) is 35.0 Å². The molecule has 0 aliphatic rings. The fraction of sp³-hybridized carbons (Fsp3) is 0.0625. The molecule has 5 heteroatoms. The number of halogens is 2. The normalized spacial score (nSPS) is 10.9. The van der Waals surface area contributed by atoms with Gasteiger partial charge in [-0.2, -0.15) is 0 Å². The van der Waals surface area contributed by atoms with Gasteiger partial charge in [0.15, 0.2) is 0 Å². The molecule has 2 nitrogen and oxygen atoms in total. The molecule has 0 radical (unpaired) electrons. The molecule has 0 bridgehead atoms. The van der Waals surface area contributed by atoms with Crippen LogP contribution in [0.2, 0.25) is 0 Å². The Kier molecular flexibility index (Phi) is 7.71. The average molecular weight is 686 g/mol. The minimum absolute atomic E-state index is 0. The van der Waals surface area contributed by atoms with E-state index in [1.54, 1.807) is 0 Å². The summed E-state index contributed by atoms with van der Waals surface area (Å²) in [6.45, 7) is 0. The number of aryl methyl sites for hydroxylation is 2. The summed E-state index contributed by atoms with van der Waals surface area (Å²) in [6.07, 6.45) is 0. The molecule has 0 N–H and O–H groups in total. The van der Waals surface area contributed by atoms with Crippen LogP contribution in [0.1, 0.15) is 0 Å². The van der Waals surface area contributed by atoms with Crippen LogP contribution in [0.5, 0.6) is 0 Å². The molecule has 0 aliphatic carbocycles. The van der Waals surface area contributed by atoms with E-state index in [9.17, 15) is 0 Å². The van der Waals surface area contributed by atoms with Crippen LogP contribution in [-0.4, -0.2) is 9.13 Å². The Morgan fingerprint density at radius 1 is 0.459 bits per heavy atom. The zero-order valence-electron chi connectivity index (χ0n) is 20.5. The van der Waals surface area contributed by atoms with Crippen molar-refractivity contribution in [3.63, 3.8) is 0 Å². The minimum atomic E-state index is 0. The number of para-hydroxylation sites is 2. The van der Waals surface area contributed by atoms with Gasteiger partial charge in [0, 0.05) is 25.1 Å². The van der Waals surface area contributed by atoms with E-state index in [0.29, 0.717) is 0 Å². The number of nitrogens with zero attached hydrogens (tertiary/aromatic N) is 2. The van der Waals surface area contributed by atoms with Crippen molar-refractivity contribution >= 4 is 65.2 Å². The van der Waals surface area contributed by atoms with Crippen LogP contribution in [0.15, 0.2) is 109 Å². The Morgan fingerprint density at radius 3 is 1.19 bits per heavy atom. The van der Waals surface area contributed by atoms with Crippen molar-refractivity contribution in [2.24, 2.45) is 14.1 Å². The standard InChI is InChI=1S/2C16H12N.2ClH.Hf/c2*1-17-15-9-5-4-8-13(15)14-10-11-6-2-3-7-12(11)16(14)17;;;/h2*2-10H,1H3;2*1H;/q2*-1;;;+4/p-2. The smallest absolute Gasteiger partial charge is 1.00 e. The van der Waals surface area contributed by atoms with Crippen molar-refractivity contribution in [3.8, 4) is 0 Å². The Balaban J connectivity index is 0.000000160. The van der Waals surface area contributed by atoms with E-state index in [2.05, 4.69) is 132 Å². The second-order valence-electron chi connectivity index (χ2n) is 9.14. The summed E-state index contributed by atoms with van der Waals surface area (Å²) in [5.74, 6) is 0. The third kappa shape index (κ3) is 4.05. The van der Waals surface area contributed by atoms with Crippen molar-refractivity contribution in [2.45, 2.75) is 0 Å². The van der Waals surface area contributed by atoms with E-state index in [4.69, 9.17) is 0 Å². The third-order valence-corrected chi connectivity index (χ3v) is 7.32. The van der Waals surface area contributed by atoms with Crippen molar-refractivity contribution < 1.29 is 50.7 Å². The SMILES string of the molecule is Cn1c2ccccc2c2[cH-]c3ccccc3c21.Cn1c2ccccc2c2[cH-]c3ccccc3c21.[Cl-].[Cl-].[Hf+4]. The van der Waals surface area contributed by atoms with Gasteiger partial charge in [0.1, 0.15) is 0 Å². The predicted octanol–water partition coefficient (Wildman–Crippen LogP) is 2.41. The molecule has 0 spiro atoms. The molecule has 0 atom stereocenters. The second kappa shape index (κ2) is 10.5. The fourth-order valence-corrected chi connectivity index (χ4v) is 5.78. The average Bonchev–Trinajstić information content (AvgIpc) is 3.60. The van der Waals surface area contributed by atoms with Crippen LogP contribution in [0, 0.1) is 0 Å². The topological polar surface area (TPSA) is 9.86 Å². The minimum Gasteiger partial charge on any atom is -1.00 e. The predicted molar refractivity (Wildman–Crippen MR) is 147 cm³/mol. The van der Waals surface area contributed by atoms with E-state index in [1.807, 2.05) is 0 Å². The largest absolute Gasteiger partial charge is 4.00 e. The van der Waals surface area contributed by atoms with Crippen LogP contribution >= 0.6 is 0 Å². The monoisotopic (exact) mass is 686 g/mol. The van der Waals surface area contributed by atoms with Gasteiger partial charge in [0.2, 0.25) is 0 Å². The number of fused-ring (bicyclic) bond motifs is 10. The molecule has 0 saturated heterocycles. The van der Waals surface area contributed by atoms with Gasteiger partial charge in [0.25, 0.3) is 0 Å². The quantitative estimate of drug-likeness (QED) is 0.172. The molecule has 2 heterocycles. The Labute approximate surface area is 246 Å². The molecule has 2 aromatic heterocycles. The van der Waals surface area contributed by atoms with Gasteiger partial charge >= 0.3 is 25.8 Å². The van der Waals surface area contributed by atoms with Crippen molar-refractivity contribution in [1.29, 1.82) is 0 Å². The summed E-state index contributed by atoms with van der Waals surface area (Å²) < 4.78 is 4.60. The van der Waals surface area contributed by atoms with Gasteiger partial charge in [-0.1, -0.05) is 105 Å². The van der Waals surface area contributed by atoms with Crippen LogP contribution in [0.25, 0.3) is 65.2 Å². The first-order chi connectivity index (χ1) is 16.7. The molecular weight excluding hydrogens is 662 g/mol. The van der Waals surface area contributed by atoms with E-state index in [-0.39, 0.29) is 50.7 Å². The first-order valence-corrected chi connectivity index (χ1v) is 11.8. The van der Waals surface area contributed by atoms with Crippen LogP contribution in [0.3, 0.4) is 0 Å². The number of rotatable bonds is 0. The summed E-state index contributed by atoms with van der Waals surface area (Å²) in [5.41, 5.74) is 5.31. The zero-order valence-corrected chi connectivity index (χ0v) is 25.6. The molecule has 6 aromatic carbocycles. The number of aromatic nitrogens is 2. The first-order valence-electron chi connectivity index (χ1n) is 11.8. The molecule has 0 amide bonds. The summed E-state index contributed by atoms with van der Waals surface area (Å²) >= 11 is 0. The van der Waals surface area contributed by atoms with E-state index >= 15 is 0 Å². The maximum Gasteiger partial charge on any atom is 4.00 e. The summed E-state index contributed by atoms with van der Waals surface area (Å²) in [6, 6.07) is 39.0. The molecule has 37 heavy (non-hydrogen) atoms. The van der Waals surface area contributed by atoms with Gasteiger partial charge in [-0.25, -0.2) is 0 Å². The molecule has 0 fully saturated rings. The Bertz CT molecular complexity index is 1840. The molecular formula is C32H24Cl2HfN2. The Morgan fingerprint density at radius 2 is 0.784 bits per heavy atom. The second-order valence-corrected chi connectivity index (χ2v) is 9.14. The summed E-state index contributed by atoms with van der Waals surface area (Å²) in [5, 5.41) is 10.8. The molecule has 8 rings (SSSR count). The van der Waals surface area contributed by atoms with Crippen LogP contribution < -0.4 is 24.8 Å². The van der Waals surface area contributed by atoms with Crippen molar-refractivity contribution in [1.82, 2.24) is 9.13 Å². The van der Waals surface area contributed by atoms with Gasteiger partial charge < -0.3 is 33.9 Å². The maximum absolute atomic E-state index is 2.30. The molecule has 180 valence electrons. The molecule has 0 aliphatic heterocycles. The van der Waals surface area contributed by atoms with Crippen molar-refractivity contribution in [3.05, 3.63) is 109 Å². The zero-order chi connectivity index (χ0) is 22.8. The van der Waals surface area contributed by atoms with E-state index in [1.165, 1.54) is 65.2 Å². The van der Waals surface area contributed by atoms with Crippen LogP contribution in [-0.2, 0) is 39.9 Å². The maximum atomic E-state index is 2.30. The molecule has 8 aromatic rings. The third-order valence-electron chi connectivity index (χ3n) is 7.32. The van der Waals surface area contributed by atoms with Gasteiger partial charge in [0.05, 0.1) is 0 Å². The molecule has 0 unspecified atom stereocenters.